The van der Waals surface area contributed by atoms with E-state index >= 15 is 0 Å². The number of aromatic nitrogens is 4. The third kappa shape index (κ3) is 2.14. The second-order valence-electron chi connectivity index (χ2n) is 5.30. The molecule has 3 rings (SSSR count). The maximum Gasteiger partial charge on any atom is 0.242 e. The lowest BCUT2D eigenvalue weighted by Gasteiger charge is -2.27. The van der Waals surface area contributed by atoms with Gasteiger partial charge >= 0.3 is 0 Å². The summed E-state index contributed by atoms with van der Waals surface area (Å²) in [5.74, 6) is 1.37. The van der Waals surface area contributed by atoms with Gasteiger partial charge in [0, 0.05) is 6.04 Å². The average molecular weight is 278 g/mol. The van der Waals surface area contributed by atoms with Gasteiger partial charge in [-0.3, -0.25) is 4.57 Å². The Morgan fingerprint density at radius 1 is 1.32 bits per heavy atom. The first-order valence-corrected chi connectivity index (χ1v) is 7.10. The highest BCUT2D eigenvalue weighted by Crippen LogP contribution is 2.34. The lowest BCUT2D eigenvalue weighted by Crippen LogP contribution is -2.17. The van der Waals surface area contributed by atoms with E-state index in [4.69, 9.17) is 17.0 Å². The number of nitrogens with zero attached hydrogens (tertiary/aromatic N) is 3. The molecule has 102 valence electrons. The predicted octanol–water partition coefficient (Wildman–Crippen LogP) is 3.25. The van der Waals surface area contributed by atoms with Gasteiger partial charge < -0.3 is 9.72 Å². The summed E-state index contributed by atoms with van der Waals surface area (Å²) >= 11 is 5.45. The molecule has 2 heterocycles. The Kier molecular flexibility index (Phi) is 3.26. The van der Waals surface area contributed by atoms with Crippen molar-refractivity contribution in [1.29, 1.82) is 0 Å². The zero-order valence-electron chi connectivity index (χ0n) is 11.2. The van der Waals surface area contributed by atoms with Gasteiger partial charge in [-0.2, -0.15) is 4.98 Å². The first kappa shape index (κ1) is 12.6. The Hall–Kier alpha value is -1.43. The maximum atomic E-state index is 5.45. The van der Waals surface area contributed by atoms with Crippen LogP contribution >= 0.6 is 12.2 Å². The van der Waals surface area contributed by atoms with Gasteiger partial charge in [0.25, 0.3) is 0 Å². The number of methoxy groups -OCH3 is 1. The van der Waals surface area contributed by atoms with Crippen molar-refractivity contribution in [1.82, 2.24) is 19.5 Å². The average Bonchev–Trinajstić information content (AvgIpc) is 2.76. The molecule has 1 saturated carbocycles. The number of H-pyrrole nitrogens is 1. The molecule has 1 aliphatic carbocycles. The summed E-state index contributed by atoms with van der Waals surface area (Å²) < 4.78 is 8.11. The largest absolute Gasteiger partial charge is 0.479 e. The van der Waals surface area contributed by atoms with Crippen molar-refractivity contribution in [2.24, 2.45) is 5.92 Å². The molecule has 0 amide bonds. The zero-order valence-corrected chi connectivity index (χ0v) is 12.0. The standard InChI is InChI=1S/C13H18N4OS/c1-8-3-5-9(6-4-8)17-11-10(16-13(17)19)12(18-2)15-7-14-11/h7-9H,3-6H2,1-2H3,(H,16,19). The highest BCUT2D eigenvalue weighted by molar-refractivity contribution is 7.71. The van der Waals surface area contributed by atoms with Gasteiger partial charge in [-0.25, -0.2) is 4.98 Å². The first-order valence-electron chi connectivity index (χ1n) is 6.70. The van der Waals surface area contributed by atoms with E-state index in [0.717, 1.165) is 29.9 Å². The van der Waals surface area contributed by atoms with Crippen molar-refractivity contribution in [2.45, 2.75) is 38.6 Å². The molecule has 0 unspecified atom stereocenters. The van der Waals surface area contributed by atoms with E-state index in [1.807, 2.05) is 0 Å². The maximum absolute atomic E-state index is 5.45. The molecule has 0 aliphatic heterocycles. The molecule has 19 heavy (non-hydrogen) atoms. The molecule has 0 aromatic carbocycles. The van der Waals surface area contributed by atoms with Gasteiger partial charge in [-0.1, -0.05) is 6.92 Å². The van der Waals surface area contributed by atoms with Gasteiger partial charge in [0.2, 0.25) is 5.88 Å². The Bertz CT molecular complexity index is 640. The second-order valence-corrected chi connectivity index (χ2v) is 5.68. The molecule has 2 aromatic heterocycles. The molecule has 0 atom stereocenters. The van der Waals surface area contributed by atoms with Crippen LogP contribution in [0.4, 0.5) is 0 Å². The fraction of sp³-hybridized carbons (Fsp3) is 0.615. The van der Waals surface area contributed by atoms with Crippen LogP contribution in [-0.2, 0) is 0 Å². The third-order valence-electron chi connectivity index (χ3n) is 4.02. The minimum Gasteiger partial charge on any atom is -0.479 e. The molecule has 2 aromatic rings. The minimum absolute atomic E-state index is 0.442. The predicted molar refractivity (Wildman–Crippen MR) is 75.9 cm³/mol. The lowest BCUT2D eigenvalue weighted by molar-refractivity contribution is 0.291. The molecule has 0 bridgehead atoms. The molecule has 0 radical (unpaired) electrons. The quantitative estimate of drug-likeness (QED) is 0.857. The van der Waals surface area contributed by atoms with Crippen molar-refractivity contribution in [2.75, 3.05) is 7.11 Å². The van der Waals surface area contributed by atoms with E-state index in [1.54, 1.807) is 7.11 Å². The number of hydrogen-bond acceptors (Lipinski definition) is 4. The number of rotatable bonds is 2. The van der Waals surface area contributed by atoms with Gasteiger partial charge in [0.05, 0.1) is 7.11 Å². The summed E-state index contributed by atoms with van der Waals surface area (Å²) in [6, 6.07) is 0.442. The van der Waals surface area contributed by atoms with Crippen LogP contribution in [-0.4, -0.2) is 26.6 Å². The van der Waals surface area contributed by atoms with Gasteiger partial charge in [0.1, 0.15) is 11.8 Å². The Morgan fingerprint density at radius 3 is 2.74 bits per heavy atom. The fourth-order valence-electron chi connectivity index (χ4n) is 2.91. The van der Waals surface area contributed by atoms with Crippen LogP contribution in [0.3, 0.4) is 0 Å². The minimum atomic E-state index is 0.442. The SMILES string of the molecule is COc1ncnc2c1[nH]c(=S)n2C1CCC(C)CC1. The highest BCUT2D eigenvalue weighted by atomic mass is 32.1. The number of hydrogen-bond donors (Lipinski definition) is 1. The van der Waals surface area contributed by atoms with Crippen LogP contribution < -0.4 is 4.74 Å². The van der Waals surface area contributed by atoms with Crippen LogP contribution in [0, 0.1) is 10.7 Å². The molecule has 0 saturated heterocycles. The van der Waals surface area contributed by atoms with Gasteiger partial charge in [-0.05, 0) is 43.8 Å². The smallest absolute Gasteiger partial charge is 0.242 e. The second kappa shape index (κ2) is 4.92. The molecule has 1 fully saturated rings. The molecule has 6 heteroatoms. The summed E-state index contributed by atoms with van der Waals surface area (Å²) in [5, 5.41) is 0. The number of imidazole rings is 1. The highest BCUT2D eigenvalue weighted by Gasteiger charge is 2.23. The van der Waals surface area contributed by atoms with Crippen LogP contribution in [0.5, 0.6) is 5.88 Å². The Labute approximate surface area is 117 Å². The number of fused-ring (bicyclic) bond motifs is 1. The Morgan fingerprint density at radius 2 is 2.05 bits per heavy atom. The molecule has 5 nitrogen and oxygen atoms in total. The van der Waals surface area contributed by atoms with Crippen LogP contribution in [0.25, 0.3) is 11.2 Å². The molecular formula is C13H18N4OS. The van der Waals surface area contributed by atoms with Gasteiger partial charge in [0.15, 0.2) is 10.4 Å². The number of ether oxygens (including phenoxy) is 1. The van der Waals surface area contributed by atoms with Crippen molar-refractivity contribution < 1.29 is 4.74 Å². The van der Waals surface area contributed by atoms with Crippen LogP contribution in [0.15, 0.2) is 6.33 Å². The molecule has 1 N–H and O–H groups in total. The van der Waals surface area contributed by atoms with E-state index in [2.05, 4.69) is 26.4 Å². The summed E-state index contributed by atoms with van der Waals surface area (Å²) in [6.07, 6.45) is 6.36. The van der Waals surface area contributed by atoms with Crippen LogP contribution in [0.1, 0.15) is 38.6 Å². The molecule has 0 spiro atoms. The zero-order chi connectivity index (χ0) is 13.4. The lowest BCUT2D eigenvalue weighted by atomic mass is 9.87. The number of nitrogens with one attached hydrogen (secondary N) is 1. The summed E-state index contributed by atoms with van der Waals surface area (Å²) in [4.78, 5) is 11.7. The summed E-state index contributed by atoms with van der Waals surface area (Å²) in [7, 11) is 1.61. The van der Waals surface area contributed by atoms with E-state index in [-0.39, 0.29) is 0 Å². The fourth-order valence-corrected chi connectivity index (χ4v) is 3.25. The van der Waals surface area contributed by atoms with Gasteiger partial charge in [-0.15, -0.1) is 0 Å². The molecular weight excluding hydrogens is 260 g/mol. The van der Waals surface area contributed by atoms with Crippen molar-refractivity contribution in [3.05, 3.63) is 11.1 Å². The summed E-state index contributed by atoms with van der Waals surface area (Å²) in [5.41, 5.74) is 1.66. The Balaban J connectivity index is 2.08. The summed E-state index contributed by atoms with van der Waals surface area (Å²) in [6.45, 7) is 2.32. The van der Waals surface area contributed by atoms with Crippen molar-refractivity contribution >= 4 is 23.4 Å². The first-order chi connectivity index (χ1) is 9.20. The third-order valence-corrected chi connectivity index (χ3v) is 4.31. The van der Waals surface area contributed by atoms with Crippen LogP contribution in [0.2, 0.25) is 0 Å². The van der Waals surface area contributed by atoms with E-state index in [1.165, 1.54) is 19.2 Å². The monoisotopic (exact) mass is 278 g/mol. The van der Waals surface area contributed by atoms with Crippen molar-refractivity contribution in [3.63, 3.8) is 0 Å². The van der Waals surface area contributed by atoms with E-state index in [9.17, 15) is 0 Å². The van der Waals surface area contributed by atoms with Crippen molar-refractivity contribution in [3.8, 4) is 5.88 Å². The molecule has 1 aliphatic rings. The number of aromatic amines is 1. The topological polar surface area (TPSA) is 55.7 Å². The normalized spacial score (nSPS) is 23.7. The van der Waals surface area contributed by atoms with E-state index in [0.29, 0.717) is 16.7 Å². The van der Waals surface area contributed by atoms with E-state index < -0.39 is 0 Å².